The minimum absolute atomic E-state index is 0.709. The summed E-state index contributed by atoms with van der Waals surface area (Å²) in [6.07, 6.45) is 9.21. The van der Waals surface area contributed by atoms with Gasteiger partial charge in [-0.15, -0.1) is 0 Å². The predicted molar refractivity (Wildman–Crippen MR) is 93.0 cm³/mol. The third-order valence-corrected chi connectivity index (χ3v) is 3.05. The fraction of sp³-hybridized carbons (Fsp3) is 0. The van der Waals surface area contributed by atoms with E-state index in [0.717, 1.165) is 16.4 Å². The molecule has 1 N–H and O–H groups in total. The van der Waals surface area contributed by atoms with Crippen molar-refractivity contribution in [2.45, 2.75) is 0 Å². The molecule has 0 unspecified atom stereocenters. The van der Waals surface area contributed by atoms with Crippen LogP contribution >= 0.6 is 23.2 Å². The molecule has 0 aliphatic rings. The first-order valence-electron chi connectivity index (χ1n) is 6.37. The first-order chi connectivity index (χ1) is 10.2. The molecule has 0 radical (unpaired) electrons. The van der Waals surface area contributed by atoms with Crippen molar-refractivity contribution < 1.29 is 0 Å². The van der Waals surface area contributed by atoms with Crippen LogP contribution in [0.15, 0.2) is 78.0 Å². The maximum atomic E-state index is 5.81. The molecule has 0 aromatic heterocycles. The highest BCUT2D eigenvalue weighted by Gasteiger charge is 1.88. The molecule has 2 aromatic rings. The molecule has 0 saturated carbocycles. The highest BCUT2D eigenvalue weighted by atomic mass is 35.5. The molecular weight excluding hydrogens is 303 g/mol. The molecule has 4 heteroatoms. The lowest BCUT2D eigenvalue weighted by Gasteiger charge is -1.98. The summed E-state index contributed by atoms with van der Waals surface area (Å²) in [4.78, 5) is 4.27. The average Bonchev–Trinajstić information content (AvgIpc) is 2.50. The smallest absolute Gasteiger partial charge is 0.0630 e. The van der Waals surface area contributed by atoms with Crippen LogP contribution in [-0.4, -0.2) is 6.21 Å². The Kier molecular flexibility index (Phi) is 6.07. The summed E-state index contributed by atoms with van der Waals surface area (Å²) in [6.45, 7) is 0. The van der Waals surface area contributed by atoms with E-state index in [1.807, 2.05) is 73.0 Å². The van der Waals surface area contributed by atoms with Crippen molar-refractivity contribution in [1.29, 1.82) is 0 Å². The zero-order valence-electron chi connectivity index (χ0n) is 11.2. The lowest BCUT2D eigenvalue weighted by molar-refractivity contribution is 1.54. The van der Waals surface area contributed by atoms with Crippen LogP contribution in [0.3, 0.4) is 0 Å². The van der Waals surface area contributed by atoms with Gasteiger partial charge in [-0.25, -0.2) is 0 Å². The number of aliphatic imine (C=N–C) groups is 1. The van der Waals surface area contributed by atoms with Gasteiger partial charge < -0.3 is 5.32 Å². The number of hydrogen-bond donors (Lipinski definition) is 1. The number of hydrogen-bond acceptors (Lipinski definition) is 2. The minimum atomic E-state index is 0.709. The van der Waals surface area contributed by atoms with Gasteiger partial charge in [-0.2, -0.15) is 0 Å². The van der Waals surface area contributed by atoms with Gasteiger partial charge in [-0.3, -0.25) is 4.99 Å². The van der Waals surface area contributed by atoms with Gasteiger partial charge in [0.25, 0.3) is 0 Å². The van der Waals surface area contributed by atoms with E-state index in [1.165, 1.54) is 0 Å². The van der Waals surface area contributed by atoms with Gasteiger partial charge in [-0.05, 0) is 60.7 Å². The molecular formula is C17H14Cl2N2. The normalized spacial score (nSPS) is 11.7. The Morgan fingerprint density at radius 2 is 1.38 bits per heavy atom. The summed E-state index contributed by atoms with van der Waals surface area (Å²) in [5.41, 5.74) is 1.85. The number of rotatable bonds is 5. The maximum absolute atomic E-state index is 5.81. The van der Waals surface area contributed by atoms with Crippen LogP contribution < -0.4 is 5.32 Å². The van der Waals surface area contributed by atoms with Crippen molar-refractivity contribution in [3.63, 3.8) is 0 Å². The largest absolute Gasteiger partial charge is 0.362 e. The third kappa shape index (κ3) is 5.86. The summed E-state index contributed by atoms with van der Waals surface area (Å²) in [5.74, 6) is 0. The molecule has 0 atom stereocenters. The number of anilines is 1. The first-order valence-corrected chi connectivity index (χ1v) is 7.13. The molecule has 2 rings (SSSR count). The summed E-state index contributed by atoms with van der Waals surface area (Å²) in [7, 11) is 0. The monoisotopic (exact) mass is 316 g/mol. The topological polar surface area (TPSA) is 24.4 Å². The average molecular weight is 317 g/mol. The van der Waals surface area contributed by atoms with Crippen molar-refractivity contribution in [3.8, 4) is 0 Å². The molecule has 0 aliphatic heterocycles. The number of allylic oxidation sites excluding steroid dienone is 3. The van der Waals surface area contributed by atoms with Crippen molar-refractivity contribution in [2.24, 2.45) is 4.99 Å². The Labute approximate surface area is 134 Å². The van der Waals surface area contributed by atoms with Crippen LogP contribution in [0.25, 0.3) is 0 Å². The summed E-state index contributed by atoms with van der Waals surface area (Å²) < 4.78 is 0. The van der Waals surface area contributed by atoms with E-state index in [4.69, 9.17) is 23.2 Å². The molecule has 106 valence electrons. The van der Waals surface area contributed by atoms with Crippen LogP contribution in [0.2, 0.25) is 10.0 Å². The first kappa shape index (κ1) is 15.4. The molecule has 0 aliphatic carbocycles. The molecule has 0 spiro atoms. The molecule has 0 amide bonds. The van der Waals surface area contributed by atoms with E-state index in [2.05, 4.69) is 10.3 Å². The van der Waals surface area contributed by atoms with Crippen molar-refractivity contribution in [2.75, 3.05) is 5.32 Å². The van der Waals surface area contributed by atoms with Crippen molar-refractivity contribution in [1.82, 2.24) is 0 Å². The standard InChI is InChI=1S/C17H14Cl2N2/c18-14-4-8-16(9-5-14)20-12-2-1-3-13-21-17-10-6-15(19)7-11-17/h1-13,20H. The molecule has 2 aromatic carbocycles. The lowest BCUT2D eigenvalue weighted by Crippen LogP contribution is -1.85. The van der Waals surface area contributed by atoms with Gasteiger partial charge in [0.1, 0.15) is 0 Å². The highest BCUT2D eigenvalue weighted by Crippen LogP contribution is 2.15. The number of benzene rings is 2. The van der Waals surface area contributed by atoms with Gasteiger partial charge in [0, 0.05) is 28.1 Å². The predicted octanol–water partition coefficient (Wildman–Crippen LogP) is 5.88. The lowest BCUT2D eigenvalue weighted by atomic mass is 10.3. The number of nitrogens with one attached hydrogen (secondary N) is 1. The Morgan fingerprint density at radius 1 is 0.762 bits per heavy atom. The zero-order chi connectivity index (χ0) is 14.9. The van der Waals surface area contributed by atoms with E-state index < -0.39 is 0 Å². The molecule has 2 nitrogen and oxygen atoms in total. The summed E-state index contributed by atoms with van der Waals surface area (Å²) in [6, 6.07) is 14.9. The second-order valence-corrected chi connectivity index (χ2v) is 5.02. The Bertz CT molecular complexity index is 641. The van der Waals surface area contributed by atoms with Crippen LogP contribution in [0.5, 0.6) is 0 Å². The summed E-state index contributed by atoms with van der Waals surface area (Å²) >= 11 is 11.6. The van der Waals surface area contributed by atoms with Gasteiger partial charge in [0.2, 0.25) is 0 Å². The zero-order valence-corrected chi connectivity index (χ0v) is 12.7. The van der Waals surface area contributed by atoms with Crippen LogP contribution in [0.1, 0.15) is 0 Å². The fourth-order valence-electron chi connectivity index (χ4n) is 1.52. The summed E-state index contributed by atoms with van der Waals surface area (Å²) in [5, 5.41) is 4.57. The van der Waals surface area contributed by atoms with E-state index in [1.54, 1.807) is 6.21 Å². The fourth-order valence-corrected chi connectivity index (χ4v) is 1.77. The SMILES string of the molecule is Clc1ccc(N=CC=CC=CNc2ccc(Cl)cc2)cc1. The maximum Gasteiger partial charge on any atom is 0.0630 e. The van der Waals surface area contributed by atoms with Crippen LogP contribution in [-0.2, 0) is 0 Å². The number of halogens is 2. The minimum Gasteiger partial charge on any atom is -0.362 e. The Balaban J connectivity index is 1.78. The molecule has 0 bridgehead atoms. The van der Waals surface area contributed by atoms with Gasteiger partial charge >= 0.3 is 0 Å². The molecule has 0 saturated heterocycles. The second-order valence-electron chi connectivity index (χ2n) is 4.15. The van der Waals surface area contributed by atoms with Crippen LogP contribution in [0.4, 0.5) is 11.4 Å². The van der Waals surface area contributed by atoms with E-state index >= 15 is 0 Å². The van der Waals surface area contributed by atoms with Crippen molar-refractivity contribution in [3.05, 3.63) is 83.0 Å². The number of nitrogens with zero attached hydrogens (tertiary/aromatic N) is 1. The quantitative estimate of drug-likeness (QED) is 0.540. The van der Waals surface area contributed by atoms with E-state index in [0.29, 0.717) is 5.02 Å². The second kappa shape index (κ2) is 8.30. The molecule has 0 fully saturated rings. The van der Waals surface area contributed by atoms with Crippen molar-refractivity contribution >= 4 is 40.8 Å². The third-order valence-electron chi connectivity index (χ3n) is 2.55. The molecule has 21 heavy (non-hydrogen) atoms. The van der Waals surface area contributed by atoms with Crippen LogP contribution in [0, 0.1) is 0 Å². The van der Waals surface area contributed by atoms with E-state index in [-0.39, 0.29) is 0 Å². The highest BCUT2D eigenvalue weighted by molar-refractivity contribution is 6.30. The van der Waals surface area contributed by atoms with Gasteiger partial charge in [0.15, 0.2) is 0 Å². The van der Waals surface area contributed by atoms with Gasteiger partial charge in [-0.1, -0.05) is 29.3 Å². The Morgan fingerprint density at radius 3 is 2.05 bits per heavy atom. The molecule has 0 heterocycles. The van der Waals surface area contributed by atoms with E-state index in [9.17, 15) is 0 Å². The van der Waals surface area contributed by atoms with Gasteiger partial charge in [0.05, 0.1) is 5.69 Å². The Hall–Kier alpha value is -2.03.